The van der Waals surface area contributed by atoms with E-state index in [-0.39, 0.29) is 0 Å². The summed E-state index contributed by atoms with van der Waals surface area (Å²) in [5.41, 5.74) is 4.60. The van der Waals surface area contributed by atoms with Crippen molar-refractivity contribution in [1.82, 2.24) is 0 Å². The van der Waals surface area contributed by atoms with E-state index in [0.29, 0.717) is 19.4 Å². The lowest BCUT2D eigenvalue weighted by molar-refractivity contribution is -0.144. The normalized spacial score (nSPS) is 22.1. The molecule has 4 heteroatoms. The fourth-order valence-corrected chi connectivity index (χ4v) is 2.21. The molecule has 1 atom stereocenters. The molecular weight excluding hydrogens is 182 g/mol. The van der Waals surface area contributed by atoms with E-state index in [9.17, 15) is 9.90 Å². The largest absolute Gasteiger partial charge is 0.481 e. The first-order valence-corrected chi connectivity index (χ1v) is 5.23. The molecule has 0 aromatic carbocycles. The Morgan fingerprint density at radius 2 is 2.00 bits per heavy atom. The van der Waals surface area contributed by atoms with E-state index < -0.39 is 17.5 Å². The van der Waals surface area contributed by atoms with Crippen LogP contribution in [0.5, 0.6) is 0 Å². The van der Waals surface area contributed by atoms with E-state index in [4.69, 9.17) is 10.8 Å². The van der Waals surface area contributed by atoms with Crippen LogP contribution in [0.15, 0.2) is 0 Å². The van der Waals surface area contributed by atoms with E-state index >= 15 is 0 Å². The molecule has 1 aliphatic carbocycles. The molecule has 0 amide bonds. The molecule has 1 rings (SSSR count). The van der Waals surface area contributed by atoms with Gasteiger partial charge in [0.25, 0.3) is 0 Å². The minimum Gasteiger partial charge on any atom is -0.481 e. The Hall–Kier alpha value is -0.610. The number of carboxylic acid groups (broad SMARTS) is 1. The van der Waals surface area contributed by atoms with Crippen LogP contribution in [0.2, 0.25) is 0 Å². The first kappa shape index (κ1) is 11.5. The van der Waals surface area contributed by atoms with Gasteiger partial charge in [-0.25, -0.2) is 0 Å². The van der Waals surface area contributed by atoms with E-state index in [0.717, 1.165) is 25.7 Å². The average Bonchev–Trinajstić information content (AvgIpc) is 2.51. The van der Waals surface area contributed by atoms with Gasteiger partial charge >= 0.3 is 5.97 Å². The van der Waals surface area contributed by atoms with E-state index in [1.807, 2.05) is 0 Å². The average molecular weight is 201 g/mol. The van der Waals surface area contributed by atoms with Crippen LogP contribution in [0.25, 0.3) is 0 Å². The zero-order valence-corrected chi connectivity index (χ0v) is 8.41. The van der Waals surface area contributed by atoms with Gasteiger partial charge < -0.3 is 15.9 Å². The van der Waals surface area contributed by atoms with E-state index in [1.165, 1.54) is 0 Å². The number of hydrogen-bond donors (Lipinski definition) is 3. The van der Waals surface area contributed by atoms with Gasteiger partial charge in [-0.2, -0.15) is 0 Å². The Balaban J connectivity index is 2.49. The molecule has 0 radical (unpaired) electrons. The number of carboxylic acids is 1. The lowest BCUT2D eigenvalue weighted by atomic mass is 9.87. The lowest BCUT2D eigenvalue weighted by Gasteiger charge is -2.25. The monoisotopic (exact) mass is 201 g/mol. The number of hydrogen-bond acceptors (Lipinski definition) is 3. The van der Waals surface area contributed by atoms with E-state index in [1.54, 1.807) is 0 Å². The highest BCUT2D eigenvalue weighted by Crippen LogP contribution is 2.35. The van der Waals surface area contributed by atoms with Crippen molar-refractivity contribution in [3.63, 3.8) is 0 Å². The number of rotatable bonds is 5. The second-order valence-corrected chi connectivity index (χ2v) is 4.25. The first-order valence-electron chi connectivity index (χ1n) is 5.23. The zero-order valence-electron chi connectivity index (χ0n) is 8.41. The van der Waals surface area contributed by atoms with Crippen LogP contribution in [0.3, 0.4) is 0 Å². The van der Waals surface area contributed by atoms with Crippen LogP contribution in [0.4, 0.5) is 0 Å². The summed E-state index contributed by atoms with van der Waals surface area (Å²) < 4.78 is 0. The topological polar surface area (TPSA) is 83.5 Å². The second-order valence-electron chi connectivity index (χ2n) is 4.25. The third-order valence-corrected chi connectivity index (χ3v) is 3.02. The first-order chi connectivity index (χ1) is 6.57. The Labute approximate surface area is 84.1 Å². The number of aliphatic hydroxyl groups is 1. The van der Waals surface area contributed by atoms with Crippen molar-refractivity contribution in [3.8, 4) is 0 Å². The van der Waals surface area contributed by atoms with Gasteiger partial charge in [-0.05, 0) is 32.2 Å². The number of carbonyl (C=O) groups is 1. The molecule has 0 aromatic rings. The highest BCUT2D eigenvalue weighted by atomic mass is 16.4. The summed E-state index contributed by atoms with van der Waals surface area (Å²) in [6.07, 6.45) is 4.30. The Bertz CT molecular complexity index is 200. The highest BCUT2D eigenvalue weighted by Gasteiger charge is 2.35. The quantitative estimate of drug-likeness (QED) is 0.612. The van der Waals surface area contributed by atoms with Gasteiger partial charge in [-0.3, -0.25) is 4.79 Å². The lowest BCUT2D eigenvalue weighted by Crippen LogP contribution is -2.32. The molecule has 1 fully saturated rings. The van der Waals surface area contributed by atoms with Gasteiger partial charge in [0.1, 0.15) is 0 Å². The van der Waals surface area contributed by atoms with Gasteiger partial charge in [0.15, 0.2) is 0 Å². The summed E-state index contributed by atoms with van der Waals surface area (Å²) in [7, 11) is 0. The molecular formula is C10H19NO3. The predicted molar refractivity (Wildman–Crippen MR) is 52.8 cm³/mol. The third kappa shape index (κ3) is 2.96. The predicted octanol–water partition coefficient (Wildman–Crippen LogP) is 0.731. The van der Waals surface area contributed by atoms with Crippen molar-refractivity contribution in [3.05, 3.63) is 0 Å². The molecule has 0 bridgehead atoms. The van der Waals surface area contributed by atoms with Crippen LogP contribution >= 0.6 is 0 Å². The molecule has 1 unspecified atom stereocenters. The third-order valence-electron chi connectivity index (χ3n) is 3.02. The molecule has 4 N–H and O–H groups in total. The second kappa shape index (κ2) is 4.75. The minimum absolute atomic E-state index is 0.361. The maximum atomic E-state index is 10.9. The van der Waals surface area contributed by atoms with Gasteiger partial charge in [0.2, 0.25) is 0 Å². The summed E-state index contributed by atoms with van der Waals surface area (Å²) in [5, 5.41) is 18.9. The van der Waals surface area contributed by atoms with Crippen LogP contribution in [-0.4, -0.2) is 28.3 Å². The molecule has 4 nitrogen and oxygen atoms in total. The van der Waals surface area contributed by atoms with Crippen molar-refractivity contribution in [2.45, 2.75) is 44.1 Å². The van der Waals surface area contributed by atoms with Crippen LogP contribution in [0.1, 0.15) is 38.5 Å². The fraction of sp³-hybridized carbons (Fsp3) is 0.900. The molecule has 0 aliphatic heterocycles. The number of nitrogens with two attached hydrogens (primary N) is 1. The summed E-state index contributed by atoms with van der Waals surface area (Å²) in [4.78, 5) is 10.9. The van der Waals surface area contributed by atoms with Crippen molar-refractivity contribution >= 4 is 5.97 Å². The van der Waals surface area contributed by atoms with Gasteiger partial charge in [0.05, 0.1) is 11.5 Å². The molecule has 1 saturated carbocycles. The molecule has 0 saturated heterocycles. The minimum atomic E-state index is -0.837. The molecule has 1 aliphatic rings. The summed E-state index contributed by atoms with van der Waals surface area (Å²) in [5.74, 6) is -1.32. The Morgan fingerprint density at radius 1 is 1.43 bits per heavy atom. The summed E-state index contributed by atoms with van der Waals surface area (Å²) in [6, 6.07) is 0. The summed E-state index contributed by atoms with van der Waals surface area (Å²) in [6.45, 7) is 0.368. The van der Waals surface area contributed by atoms with Crippen LogP contribution in [0, 0.1) is 5.92 Å². The molecule has 14 heavy (non-hydrogen) atoms. The SMILES string of the molecule is NCCC(CC1(O)CCCC1)C(=O)O. The summed E-state index contributed by atoms with van der Waals surface area (Å²) >= 11 is 0. The van der Waals surface area contributed by atoms with Crippen molar-refractivity contribution in [2.24, 2.45) is 11.7 Å². The van der Waals surface area contributed by atoms with Crippen molar-refractivity contribution < 1.29 is 15.0 Å². The molecule has 0 aromatic heterocycles. The van der Waals surface area contributed by atoms with E-state index in [2.05, 4.69) is 0 Å². The standard InChI is InChI=1S/C10H19NO3/c11-6-3-8(9(12)13)7-10(14)4-1-2-5-10/h8,14H,1-7,11H2,(H,12,13). The van der Waals surface area contributed by atoms with Gasteiger partial charge in [-0.1, -0.05) is 12.8 Å². The molecule has 0 spiro atoms. The van der Waals surface area contributed by atoms with Crippen LogP contribution < -0.4 is 5.73 Å². The fourth-order valence-electron chi connectivity index (χ4n) is 2.21. The Morgan fingerprint density at radius 3 is 2.43 bits per heavy atom. The molecule has 82 valence electrons. The van der Waals surface area contributed by atoms with Gasteiger partial charge in [0, 0.05) is 0 Å². The smallest absolute Gasteiger partial charge is 0.306 e. The Kier molecular flexibility index (Phi) is 3.89. The maximum Gasteiger partial charge on any atom is 0.306 e. The van der Waals surface area contributed by atoms with Gasteiger partial charge in [-0.15, -0.1) is 0 Å². The molecule has 0 heterocycles. The van der Waals surface area contributed by atoms with Crippen molar-refractivity contribution in [2.75, 3.05) is 6.54 Å². The maximum absolute atomic E-state index is 10.9. The number of aliphatic carboxylic acids is 1. The van der Waals surface area contributed by atoms with Crippen LogP contribution in [-0.2, 0) is 4.79 Å². The highest BCUT2D eigenvalue weighted by molar-refractivity contribution is 5.70. The zero-order chi connectivity index (χ0) is 10.6. The van der Waals surface area contributed by atoms with Crippen molar-refractivity contribution in [1.29, 1.82) is 0 Å².